The van der Waals surface area contributed by atoms with Gasteiger partial charge in [0.2, 0.25) is 0 Å². The average Bonchev–Trinajstić information content (AvgIpc) is 2.26. The lowest BCUT2D eigenvalue weighted by molar-refractivity contribution is 0.0939. The lowest BCUT2D eigenvalue weighted by Crippen LogP contribution is -2.34. The van der Waals surface area contributed by atoms with Gasteiger partial charge in [0.1, 0.15) is 5.69 Å². The van der Waals surface area contributed by atoms with Crippen molar-refractivity contribution in [2.45, 2.75) is 19.4 Å². The van der Waals surface area contributed by atoms with Crippen molar-refractivity contribution < 1.29 is 4.79 Å². The van der Waals surface area contributed by atoms with Crippen molar-refractivity contribution in [1.29, 1.82) is 0 Å². The zero-order valence-electron chi connectivity index (χ0n) is 8.28. The molecule has 0 bridgehead atoms. The molecule has 1 unspecified atom stereocenters. The van der Waals surface area contributed by atoms with Gasteiger partial charge in [0.15, 0.2) is 0 Å². The Morgan fingerprint density at radius 2 is 2.47 bits per heavy atom. The topological polar surface area (TPSA) is 74.8 Å². The Balaban J connectivity index is 2.74. The van der Waals surface area contributed by atoms with Crippen LogP contribution >= 0.6 is 0 Å². The van der Waals surface area contributed by atoms with Crippen molar-refractivity contribution in [1.82, 2.24) is 15.5 Å². The molecule has 0 spiro atoms. The maximum atomic E-state index is 11.5. The molecule has 15 heavy (non-hydrogen) atoms. The molecule has 1 atom stereocenters. The van der Waals surface area contributed by atoms with E-state index < -0.39 is 5.91 Å². The van der Waals surface area contributed by atoms with Crippen LogP contribution < -0.4 is 10.9 Å². The predicted molar refractivity (Wildman–Crippen MR) is 55.2 cm³/mol. The summed E-state index contributed by atoms with van der Waals surface area (Å²) in [5, 5.41) is 8.35. The van der Waals surface area contributed by atoms with E-state index in [9.17, 15) is 9.59 Å². The normalized spacial score (nSPS) is 11.5. The lowest BCUT2D eigenvalue weighted by atomic mass is 10.2. The van der Waals surface area contributed by atoms with Gasteiger partial charge in [0, 0.05) is 6.07 Å². The largest absolute Gasteiger partial charge is 0.337 e. The number of carbonyl (C=O) groups is 1. The summed E-state index contributed by atoms with van der Waals surface area (Å²) in [5.41, 5.74) is -0.209. The van der Waals surface area contributed by atoms with Gasteiger partial charge in [-0.3, -0.25) is 9.59 Å². The highest BCUT2D eigenvalue weighted by Crippen LogP contribution is 1.93. The van der Waals surface area contributed by atoms with Crippen LogP contribution in [0.1, 0.15) is 23.8 Å². The van der Waals surface area contributed by atoms with Crippen LogP contribution in [0.2, 0.25) is 0 Å². The summed E-state index contributed by atoms with van der Waals surface area (Å²) >= 11 is 0. The quantitative estimate of drug-likeness (QED) is 0.677. The Morgan fingerprint density at radius 1 is 1.73 bits per heavy atom. The van der Waals surface area contributed by atoms with E-state index in [1.165, 1.54) is 12.1 Å². The molecular formula is C10H11N3O2. The molecule has 5 nitrogen and oxygen atoms in total. The monoisotopic (exact) mass is 205 g/mol. The van der Waals surface area contributed by atoms with E-state index in [1.807, 2.05) is 6.92 Å². The number of terminal acetylenes is 1. The Hall–Kier alpha value is -2.09. The van der Waals surface area contributed by atoms with E-state index in [2.05, 4.69) is 21.4 Å². The van der Waals surface area contributed by atoms with Gasteiger partial charge in [-0.25, -0.2) is 5.10 Å². The molecule has 0 saturated carbocycles. The van der Waals surface area contributed by atoms with E-state index in [-0.39, 0.29) is 17.3 Å². The number of carbonyl (C=O) groups excluding carboxylic acids is 1. The molecule has 78 valence electrons. The summed E-state index contributed by atoms with van der Waals surface area (Å²) in [4.78, 5) is 22.2. The molecule has 1 aromatic heterocycles. The molecule has 0 saturated heterocycles. The summed E-state index contributed by atoms with van der Waals surface area (Å²) in [6, 6.07) is 2.27. The molecule has 1 heterocycles. The van der Waals surface area contributed by atoms with Crippen LogP contribution in [0, 0.1) is 12.3 Å². The van der Waals surface area contributed by atoms with Crippen LogP contribution in [0.3, 0.4) is 0 Å². The molecule has 0 aliphatic heterocycles. The SMILES string of the molecule is C#CC(CC)NC(=O)c1ccc(=O)[nH]n1. The molecule has 5 heteroatoms. The van der Waals surface area contributed by atoms with Crippen molar-refractivity contribution in [3.63, 3.8) is 0 Å². The van der Waals surface area contributed by atoms with Gasteiger partial charge in [-0.2, -0.15) is 5.10 Å². The first kappa shape index (κ1) is 11.0. The third kappa shape index (κ3) is 2.95. The maximum Gasteiger partial charge on any atom is 0.272 e. The fourth-order valence-corrected chi connectivity index (χ4v) is 0.965. The molecule has 2 N–H and O–H groups in total. The molecule has 1 rings (SSSR count). The van der Waals surface area contributed by atoms with Crippen LogP contribution in [0.5, 0.6) is 0 Å². The van der Waals surface area contributed by atoms with Crippen LogP contribution in [-0.4, -0.2) is 22.1 Å². The number of hydrogen-bond donors (Lipinski definition) is 2. The third-order valence-corrected chi connectivity index (χ3v) is 1.83. The Labute approximate surface area is 86.9 Å². The number of amides is 1. The minimum atomic E-state index is -0.393. The molecule has 1 amide bonds. The molecule has 1 aromatic rings. The van der Waals surface area contributed by atoms with Gasteiger partial charge in [-0.05, 0) is 12.5 Å². The zero-order chi connectivity index (χ0) is 11.3. The summed E-state index contributed by atoms with van der Waals surface area (Å²) in [5.74, 6) is 2.04. The number of H-pyrrole nitrogens is 1. The van der Waals surface area contributed by atoms with E-state index in [0.29, 0.717) is 6.42 Å². The van der Waals surface area contributed by atoms with Crippen molar-refractivity contribution in [2.24, 2.45) is 0 Å². The highest BCUT2D eigenvalue weighted by molar-refractivity contribution is 5.92. The van der Waals surface area contributed by atoms with E-state index >= 15 is 0 Å². The number of rotatable bonds is 3. The second-order valence-electron chi connectivity index (χ2n) is 2.91. The smallest absolute Gasteiger partial charge is 0.272 e. The van der Waals surface area contributed by atoms with Gasteiger partial charge in [0.25, 0.3) is 11.5 Å². The fraction of sp³-hybridized carbons (Fsp3) is 0.300. The second kappa shape index (κ2) is 4.96. The van der Waals surface area contributed by atoms with E-state index in [0.717, 1.165) is 0 Å². The molecule has 0 aliphatic carbocycles. The van der Waals surface area contributed by atoms with Crippen LogP contribution in [0.4, 0.5) is 0 Å². The molecule has 0 aromatic carbocycles. The molecular weight excluding hydrogens is 194 g/mol. The minimum absolute atomic E-state index is 0.142. The lowest BCUT2D eigenvalue weighted by Gasteiger charge is -2.09. The highest BCUT2D eigenvalue weighted by Gasteiger charge is 2.10. The van der Waals surface area contributed by atoms with Crippen LogP contribution in [0.15, 0.2) is 16.9 Å². The van der Waals surface area contributed by atoms with Crippen molar-refractivity contribution in [3.8, 4) is 12.3 Å². The molecule has 0 radical (unpaired) electrons. The minimum Gasteiger partial charge on any atom is -0.337 e. The molecule has 0 fully saturated rings. The summed E-state index contributed by atoms with van der Waals surface area (Å²) in [6.07, 6.45) is 5.84. The van der Waals surface area contributed by atoms with Gasteiger partial charge in [-0.1, -0.05) is 12.8 Å². The summed E-state index contributed by atoms with van der Waals surface area (Å²) in [6.45, 7) is 1.87. The predicted octanol–water partition coefficient (Wildman–Crippen LogP) is -0.0885. The van der Waals surface area contributed by atoms with Gasteiger partial charge in [-0.15, -0.1) is 6.42 Å². The highest BCUT2D eigenvalue weighted by atomic mass is 16.2. The van der Waals surface area contributed by atoms with E-state index in [4.69, 9.17) is 6.42 Å². The first-order valence-corrected chi connectivity index (χ1v) is 4.50. The van der Waals surface area contributed by atoms with Crippen LogP contribution in [0.25, 0.3) is 0 Å². The maximum absolute atomic E-state index is 11.5. The number of aromatic amines is 1. The number of nitrogens with zero attached hydrogens (tertiary/aromatic N) is 1. The zero-order valence-corrected chi connectivity index (χ0v) is 8.28. The van der Waals surface area contributed by atoms with Gasteiger partial charge in [0.05, 0.1) is 6.04 Å². The van der Waals surface area contributed by atoms with E-state index in [1.54, 1.807) is 0 Å². The van der Waals surface area contributed by atoms with Crippen LogP contribution in [-0.2, 0) is 0 Å². The number of nitrogens with one attached hydrogen (secondary N) is 2. The standard InChI is InChI=1S/C10H11N3O2/c1-3-7(4-2)11-10(15)8-5-6-9(14)13-12-8/h1,5-7H,4H2,2H3,(H,11,15)(H,13,14). The number of hydrogen-bond acceptors (Lipinski definition) is 3. The Morgan fingerprint density at radius 3 is 2.93 bits per heavy atom. The van der Waals surface area contributed by atoms with Crippen molar-refractivity contribution >= 4 is 5.91 Å². The van der Waals surface area contributed by atoms with Crippen molar-refractivity contribution in [2.75, 3.05) is 0 Å². The average molecular weight is 205 g/mol. The molecule has 0 aliphatic rings. The fourth-order valence-electron chi connectivity index (χ4n) is 0.965. The first-order chi connectivity index (χ1) is 7.17. The summed E-state index contributed by atoms with van der Waals surface area (Å²) < 4.78 is 0. The third-order valence-electron chi connectivity index (χ3n) is 1.83. The summed E-state index contributed by atoms with van der Waals surface area (Å²) in [7, 11) is 0. The Kier molecular flexibility index (Phi) is 3.63. The van der Waals surface area contributed by atoms with Crippen molar-refractivity contribution in [3.05, 3.63) is 28.2 Å². The Bertz CT molecular complexity index is 424. The first-order valence-electron chi connectivity index (χ1n) is 4.50. The number of aromatic nitrogens is 2. The van der Waals surface area contributed by atoms with Gasteiger partial charge >= 0.3 is 0 Å². The van der Waals surface area contributed by atoms with Gasteiger partial charge < -0.3 is 5.32 Å². The second-order valence-corrected chi connectivity index (χ2v) is 2.91.